The number of carbonyl (C=O) groups is 2. The number of hydrogen-bond acceptors (Lipinski definition) is 6. The van der Waals surface area contributed by atoms with Gasteiger partial charge in [0.1, 0.15) is 11.4 Å². The maximum Gasteiger partial charge on any atom is 0.327 e. The Morgan fingerprint density at radius 1 is 1.26 bits per heavy atom. The third kappa shape index (κ3) is 2.58. The van der Waals surface area contributed by atoms with Crippen molar-refractivity contribution in [3.8, 4) is 0 Å². The van der Waals surface area contributed by atoms with Crippen LogP contribution in [0.5, 0.6) is 0 Å². The van der Waals surface area contributed by atoms with Crippen LogP contribution in [-0.2, 0) is 4.79 Å². The van der Waals surface area contributed by atoms with E-state index in [1.165, 1.54) is 16.4 Å². The average molecular weight is 337 g/mol. The summed E-state index contributed by atoms with van der Waals surface area (Å²) in [6.07, 6.45) is 1.29. The fourth-order valence-electron chi connectivity index (χ4n) is 3.46. The maximum atomic E-state index is 12.8. The zero-order valence-electron chi connectivity index (χ0n) is 14.1. The first-order valence-corrected chi connectivity index (χ1v) is 8.77. The third-order valence-electron chi connectivity index (χ3n) is 4.66. The Balaban J connectivity index is 1.81. The fourth-order valence-corrected chi connectivity index (χ4v) is 4.19. The van der Waals surface area contributed by atoms with Gasteiger partial charge < -0.3 is 9.80 Å². The van der Waals surface area contributed by atoms with Crippen molar-refractivity contribution in [2.45, 2.75) is 39.2 Å². The highest BCUT2D eigenvalue weighted by Gasteiger charge is 2.56. The number of amides is 3. The number of hydrogen-bond donors (Lipinski definition) is 0. The number of nitrogens with zero attached hydrogens (tertiary/aromatic N) is 5. The molecule has 2 fully saturated rings. The maximum absolute atomic E-state index is 12.8. The molecule has 3 heterocycles. The first-order valence-electron chi connectivity index (χ1n) is 8.00. The summed E-state index contributed by atoms with van der Waals surface area (Å²) >= 11 is 1.39. The molecule has 126 valence electrons. The number of carbonyl (C=O) groups excluding carboxylic acids is 2. The van der Waals surface area contributed by atoms with E-state index in [2.05, 4.69) is 28.1 Å². The molecule has 0 aliphatic carbocycles. The smallest absolute Gasteiger partial charge is 0.327 e. The van der Waals surface area contributed by atoms with Crippen molar-refractivity contribution < 1.29 is 9.59 Å². The number of urea groups is 1. The standard InChI is InChI=1S/C15H23N5O2S/c1-10(2)9-20-14(22)18(4)12(21)15(20)5-7-19(8-6-15)13-16-11(3)17-23-13/h10H,5-9H2,1-4H3. The molecule has 2 aliphatic heterocycles. The zero-order valence-corrected chi connectivity index (χ0v) is 14.9. The van der Waals surface area contributed by atoms with Gasteiger partial charge in [0.2, 0.25) is 5.13 Å². The van der Waals surface area contributed by atoms with Crippen LogP contribution < -0.4 is 4.90 Å². The fraction of sp³-hybridized carbons (Fsp3) is 0.733. The monoisotopic (exact) mass is 337 g/mol. The summed E-state index contributed by atoms with van der Waals surface area (Å²) in [5.74, 6) is 1.05. The molecule has 0 saturated carbocycles. The van der Waals surface area contributed by atoms with Gasteiger partial charge in [0.25, 0.3) is 5.91 Å². The molecule has 0 atom stereocenters. The van der Waals surface area contributed by atoms with Gasteiger partial charge in [-0.25, -0.2) is 9.78 Å². The van der Waals surface area contributed by atoms with Crippen molar-refractivity contribution in [2.75, 3.05) is 31.6 Å². The molecule has 2 saturated heterocycles. The van der Waals surface area contributed by atoms with E-state index < -0.39 is 5.54 Å². The molecule has 1 aromatic heterocycles. The van der Waals surface area contributed by atoms with Crippen LogP contribution in [0.4, 0.5) is 9.93 Å². The lowest BCUT2D eigenvalue weighted by molar-refractivity contribution is -0.133. The van der Waals surface area contributed by atoms with E-state index in [4.69, 9.17) is 0 Å². The summed E-state index contributed by atoms with van der Waals surface area (Å²) in [5, 5.41) is 0.901. The Morgan fingerprint density at radius 2 is 1.91 bits per heavy atom. The predicted molar refractivity (Wildman–Crippen MR) is 88.5 cm³/mol. The molecule has 3 amide bonds. The van der Waals surface area contributed by atoms with E-state index in [9.17, 15) is 9.59 Å². The Labute approximate surface area is 140 Å². The molecule has 1 spiro atoms. The highest BCUT2D eigenvalue weighted by atomic mass is 32.1. The molecule has 7 nitrogen and oxygen atoms in total. The van der Waals surface area contributed by atoms with Gasteiger partial charge in [0.15, 0.2) is 0 Å². The van der Waals surface area contributed by atoms with E-state index in [1.807, 2.05) is 6.92 Å². The molecule has 3 rings (SSSR count). The van der Waals surface area contributed by atoms with Crippen molar-refractivity contribution in [3.05, 3.63) is 5.82 Å². The first kappa shape index (κ1) is 16.2. The number of likely N-dealkylation sites (N-methyl/N-ethyl adjacent to an activating group) is 1. The molecular formula is C15H23N5O2S. The number of piperidine rings is 1. The van der Waals surface area contributed by atoms with Gasteiger partial charge in [-0.15, -0.1) is 0 Å². The van der Waals surface area contributed by atoms with E-state index >= 15 is 0 Å². The highest BCUT2D eigenvalue weighted by Crippen LogP contribution is 2.38. The molecule has 0 radical (unpaired) electrons. The topological polar surface area (TPSA) is 69.6 Å². The van der Waals surface area contributed by atoms with Gasteiger partial charge in [-0.1, -0.05) is 13.8 Å². The summed E-state index contributed by atoms with van der Waals surface area (Å²) in [4.78, 5) is 34.9. The Morgan fingerprint density at radius 3 is 2.43 bits per heavy atom. The second kappa shape index (κ2) is 5.74. The number of anilines is 1. The molecule has 1 aromatic rings. The molecule has 0 unspecified atom stereocenters. The van der Waals surface area contributed by atoms with Gasteiger partial charge in [0, 0.05) is 38.2 Å². The average Bonchev–Trinajstić information content (AvgIpc) is 3.02. The van der Waals surface area contributed by atoms with E-state index in [0.29, 0.717) is 25.3 Å². The van der Waals surface area contributed by atoms with Crippen molar-refractivity contribution in [3.63, 3.8) is 0 Å². The largest absolute Gasteiger partial charge is 0.347 e. The van der Waals surface area contributed by atoms with Crippen LogP contribution in [-0.4, -0.2) is 63.3 Å². The summed E-state index contributed by atoms with van der Waals surface area (Å²) in [5.41, 5.74) is -0.674. The van der Waals surface area contributed by atoms with Crippen LogP contribution in [0.3, 0.4) is 0 Å². The second-order valence-corrected chi connectivity index (χ2v) is 7.52. The Bertz CT molecular complexity index is 621. The second-order valence-electron chi connectivity index (χ2n) is 6.79. The molecule has 8 heteroatoms. The number of aryl methyl sites for hydroxylation is 1. The first-order chi connectivity index (χ1) is 10.8. The third-order valence-corrected chi connectivity index (χ3v) is 5.53. The zero-order chi connectivity index (χ0) is 16.8. The van der Waals surface area contributed by atoms with E-state index in [-0.39, 0.29) is 11.9 Å². The van der Waals surface area contributed by atoms with Gasteiger partial charge in [-0.05, 0) is 25.7 Å². The summed E-state index contributed by atoms with van der Waals surface area (Å²) in [6.45, 7) is 8.08. The molecule has 2 aliphatic rings. The van der Waals surface area contributed by atoms with Crippen LogP contribution in [0, 0.1) is 12.8 Å². The highest BCUT2D eigenvalue weighted by molar-refractivity contribution is 7.09. The minimum absolute atomic E-state index is 0.0590. The van der Waals surface area contributed by atoms with Crippen molar-refractivity contribution >= 4 is 28.6 Å². The van der Waals surface area contributed by atoms with Crippen molar-refractivity contribution in [1.82, 2.24) is 19.2 Å². The summed E-state index contributed by atoms with van der Waals surface area (Å²) in [6, 6.07) is -0.163. The Hall–Kier alpha value is -1.70. The van der Waals surface area contributed by atoms with Crippen LogP contribution in [0.2, 0.25) is 0 Å². The molecule has 0 N–H and O–H groups in total. The summed E-state index contributed by atoms with van der Waals surface area (Å²) in [7, 11) is 1.59. The number of imide groups is 1. The van der Waals surface area contributed by atoms with Crippen molar-refractivity contribution in [2.24, 2.45) is 5.92 Å². The van der Waals surface area contributed by atoms with Crippen LogP contribution in [0.25, 0.3) is 0 Å². The lowest BCUT2D eigenvalue weighted by atomic mass is 9.85. The predicted octanol–water partition coefficient (Wildman–Crippen LogP) is 1.74. The molecular weight excluding hydrogens is 314 g/mol. The lowest BCUT2D eigenvalue weighted by Crippen LogP contribution is -2.57. The molecule has 23 heavy (non-hydrogen) atoms. The van der Waals surface area contributed by atoms with Gasteiger partial charge in [-0.2, -0.15) is 4.37 Å². The Kier molecular flexibility index (Phi) is 4.03. The SMILES string of the molecule is Cc1nsc(N2CCC3(CC2)C(=O)N(C)C(=O)N3CC(C)C)n1. The minimum Gasteiger partial charge on any atom is -0.347 e. The van der Waals surface area contributed by atoms with E-state index in [1.54, 1.807) is 11.9 Å². The normalized spacial score (nSPS) is 21.2. The van der Waals surface area contributed by atoms with E-state index in [0.717, 1.165) is 24.0 Å². The van der Waals surface area contributed by atoms with Gasteiger partial charge in [0.05, 0.1) is 0 Å². The van der Waals surface area contributed by atoms with Gasteiger partial charge >= 0.3 is 6.03 Å². The lowest BCUT2D eigenvalue weighted by Gasteiger charge is -2.42. The van der Waals surface area contributed by atoms with Crippen LogP contribution in [0.15, 0.2) is 0 Å². The summed E-state index contributed by atoms with van der Waals surface area (Å²) < 4.78 is 4.22. The number of rotatable bonds is 3. The number of aromatic nitrogens is 2. The van der Waals surface area contributed by atoms with Crippen molar-refractivity contribution in [1.29, 1.82) is 0 Å². The molecule has 0 bridgehead atoms. The molecule has 0 aromatic carbocycles. The van der Waals surface area contributed by atoms with Crippen LogP contribution >= 0.6 is 11.5 Å². The van der Waals surface area contributed by atoms with Gasteiger partial charge in [-0.3, -0.25) is 9.69 Å². The van der Waals surface area contributed by atoms with Crippen LogP contribution in [0.1, 0.15) is 32.5 Å². The minimum atomic E-state index is -0.674. The quantitative estimate of drug-likeness (QED) is 0.786.